The van der Waals surface area contributed by atoms with Gasteiger partial charge in [-0.3, -0.25) is 4.57 Å². The summed E-state index contributed by atoms with van der Waals surface area (Å²) in [4.78, 5) is 15.5. The summed E-state index contributed by atoms with van der Waals surface area (Å²) < 4.78 is 1.48. The summed E-state index contributed by atoms with van der Waals surface area (Å²) in [6.45, 7) is 3.07. The number of amides is 1. The van der Waals surface area contributed by atoms with Crippen LogP contribution >= 0.6 is 0 Å². The van der Waals surface area contributed by atoms with Crippen molar-refractivity contribution in [2.45, 2.75) is 39.0 Å². The maximum atomic E-state index is 11.7. The normalized spacial score (nSPS) is 24.5. The molecule has 1 amide bonds. The Morgan fingerprint density at radius 3 is 2.65 bits per heavy atom. The number of nitrogens with zero attached hydrogens (tertiary/aromatic N) is 2. The first-order valence-corrected chi connectivity index (χ1v) is 6.55. The average molecular weight is 235 g/mol. The van der Waals surface area contributed by atoms with Crippen molar-refractivity contribution in [2.75, 3.05) is 6.54 Å². The van der Waals surface area contributed by atoms with Gasteiger partial charge in [0.05, 0.1) is 0 Å². The third kappa shape index (κ3) is 3.32. The van der Waals surface area contributed by atoms with Gasteiger partial charge >= 0.3 is 6.03 Å². The zero-order valence-electron chi connectivity index (χ0n) is 10.4. The first-order chi connectivity index (χ1) is 8.29. The van der Waals surface area contributed by atoms with Gasteiger partial charge in [-0.15, -0.1) is 0 Å². The van der Waals surface area contributed by atoms with E-state index in [0.29, 0.717) is 5.92 Å². The molecule has 1 aromatic heterocycles. The first-order valence-electron chi connectivity index (χ1n) is 6.55. The fraction of sp³-hybridized carbons (Fsp3) is 0.692. The summed E-state index contributed by atoms with van der Waals surface area (Å²) in [6.07, 6.45) is 11.3. The lowest BCUT2D eigenvalue weighted by Gasteiger charge is -2.27. The Bertz CT molecular complexity index is 340. The van der Waals surface area contributed by atoms with Gasteiger partial charge in [-0.05, 0) is 24.7 Å². The minimum atomic E-state index is -0.0693. The number of imidazole rings is 1. The Labute approximate surface area is 102 Å². The van der Waals surface area contributed by atoms with Crippen LogP contribution in [0.3, 0.4) is 0 Å². The number of hydrogen-bond acceptors (Lipinski definition) is 2. The Balaban J connectivity index is 1.71. The van der Waals surface area contributed by atoms with Crippen LogP contribution in [-0.2, 0) is 0 Å². The molecule has 1 aliphatic rings. The van der Waals surface area contributed by atoms with E-state index in [4.69, 9.17) is 0 Å². The molecule has 0 atom stereocenters. The predicted molar refractivity (Wildman–Crippen MR) is 66.8 cm³/mol. The third-order valence-electron chi connectivity index (χ3n) is 3.82. The smallest absolute Gasteiger partial charge is 0.326 e. The van der Waals surface area contributed by atoms with E-state index >= 15 is 0 Å². The van der Waals surface area contributed by atoms with Crippen molar-refractivity contribution in [1.29, 1.82) is 0 Å². The van der Waals surface area contributed by atoms with Gasteiger partial charge in [0, 0.05) is 18.9 Å². The molecule has 1 saturated carbocycles. The highest BCUT2D eigenvalue weighted by Crippen LogP contribution is 2.29. The molecule has 0 bridgehead atoms. The summed E-state index contributed by atoms with van der Waals surface area (Å²) in [7, 11) is 0. The second-order valence-electron chi connectivity index (χ2n) is 4.95. The van der Waals surface area contributed by atoms with Crippen LogP contribution < -0.4 is 5.32 Å². The van der Waals surface area contributed by atoms with Crippen molar-refractivity contribution in [3.05, 3.63) is 18.7 Å². The maximum absolute atomic E-state index is 11.7. The second kappa shape index (κ2) is 5.84. The molecule has 0 saturated heterocycles. The second-order valence-corrected chi connectivity index (χ2v) is 4.95. The van der Waals surface area contributed by atoms with Gasteiger partial charge in [-0.2, -0.15) is 0 Å². The molecule has 0 aliphatic heterocycles. The third-order valence-corrected chi connectivity index (χ3v) is 3.82. The van der Waals surface area contributed by atoms with E-state index in [1.165, 1.54) is 43.0 Å². The Hall–Kier alpha value is -1.32. The molecule has 0 spiro atoms. The molecule has 1 fully saturated rings. The largest absolute Gasteiger partial charge is 0.337 e. The average Bonchev–Trinajstić information content (AvgIpc) is 2.90. The minimum Gasteiger partial charge on any atom is -0.337 e. The Morgan fingerprint density at radius 2 is 2.06 bits per heavy atom. The number of rotatable bonds is 3. The van der Waals surface area contributed by atoms with Gasteiger partial charge in [0.15, 0.2) is 0 Å². The van der Waals surface area contributed by atoms with Crippen LogP contribution in [0.4, 0.5) is 4.79 Å². The van der Waals surface area contributed by atoms with E-state index < -0.39 is 0 Å². The lowest BCUT2D eigenvalue weighted by Crippen LogP contribution is -2.33. The number of hydrogen-bond donors (Lipinski definition) is 1. The monoisotopic (exact) mass is 235 g/mol. The maximum Gasteiger partial charge on any atom is 0.326 e. The van der Waals surface area contributed by atoms with Gasteiger partial charge in [0.2, 0.25) is 0 Å². The quantitative estimate of drug-likeness (QED) is 0.875. The van der Waals surface area contributed by atoms with E-state index in [9.17, 15) is 4.79 Å². The fourth-order valence-electron chi connectivity index (χ4n) is 2.55. The van der Waals surface area contributed by atoms with Crippen molar-refractivity contribution in [1.82, 2.24) is 14.9 Å². The summed E-state index contributed by atoms with van der Waals surface area (Å²) >= 11 is 0. The number of nitrogens with one attached hydrogen (secondary N) is 1. The van der Waals surface area contributed by atoms with Crippen LogP contribution in [-0.4, -0.2) is 22.1 Å². The van der Waals surface area contributed by atoms with Gasteiger partial charge in [0.1, 0.15) is 6.33 Å². The molecule has 4 nitrogen and oxygen atoms in total. The molecule has 4 heteroatoms. The van der Waals surface area contributed by atoms with Crippen molar-refractivity contribution >= 4 is 6.03 Å². The summed E-state index contributed by atoms with van der Waals surface area (Å²) in [6, 6.07) is -0.0693. The summed E-state index contributed by atoms with van der Waals surface area (Å²) in [5, 5.41) is 2.97. The standard InChI is InChI=1S/C13H21N3O/c1-2-11-3-5-12(6-4-11)9-15-13(17)16-8-7-14-10-16/h7-8,10-12H,2-6,9H2,1H3,(H,15,17). The molecular formula is C13H21N3O. The lowest BCUT2D eigenvalue weighted by molar-refractivity contribution is 0.231. The molecule has 1 aromatic rings. The highest BCUT2D eigenvalue weighted by atomic mass is 16.2. The van der Waals surface area contributed by atoms with E-state index in [2.05, 4.69) is 17.2 Å². The van der Waals surface area contributed by atoms with Crippen molar-refractivity contribution in [3.63, 3.8) is 0 Å². The van der Waals surface area contributed by atoms with E-state index in [-0.39, 0.29) is 6.03 Å². The zero-order valence-corrected chi connectivity index (χ0v) is 10.4. The lowest BCUT2D eigenvalue weighted by atomic mass is 9.81. The van der Waals surface area contributed by atoms with Gasteiger partial charge < -0.3 is 5.32 Å². The van der Waals surface area contributed by atoms with Gasteiger partial charge in [-0.1, -0.05) is 26.2 Å². The summed E-state index contributed by atoms with van der Waals surface area (Å²) in [5.74, 6) is 1.57. The van der Waals surface area contributed by atoms with Gasteiger partial charge in [0.25, 0.3) is 0 Å². The van der Waals surface area contributed by atoms with E-state index in [0.717, 1.165) is 12.5 Å². The summed E-state index contributed by atoms with van der Waals surface area (Å²) in [5.41, 5.74) is 0. The van der Waals surface area contributed by atoms with Crippen LogP contribution in [0.15, 0.2) is 18.7 Å². The number of carbonyl (C=O) groups is 1. The van der Waals surface area contributed by atoms with Crippen LogP contribution in [0.2, 0.25) is 0 Å². The SMILES string of the molecule is CCC1CCC(CNC(=O)n2ccnc2)CC1. The molecule has 0 aromatic carbocycles. The topological polar surface area (TPSA) is 46.9 Å². The molecule has 94 valence electrons. The van der Waals surface area contributed by atoms with Crippen molar-refractivity contribution < 1.29 is 4.79 Å². The van der Waals surface area contributed by atoms with Crippen molar-refractivity contribution in [3.8, 4) is 0 Å². The van der Waals surface area contributed by atoms with E-state index in [1.807, 2.05) is 0 Å². The molecule has 0 unspecified atom stereocenters. The molecule has 2 rings (SSSR count). The first kappa shape index (κ1) is 12.1. The van der Waals surface area contributed by atoms with Crippen LogP contribution in [0.5, 0.6) is 0 Å². The Kier molecular flexibility index (Phi) is 4.18. The highest BCUT2D eigenvalue weighted by molar-refractivity contribution is 5.76. The fourth-order valence-corrected chi connectivity index (χ4v) is 2.55. The Morgan fingerprint density at radius 1 is 1.35 bits per heavy atom. The van der Waals surface area contributed by atoms with Gasteiger partial charge in [-0.25, -0.2) is 9.78 Å². The molecular weight excluding hydrogens is 214 g/mol. The number of carbonyl (C=O) groups excluding carboxylic acids is 1. The van der Waals surface area contributed by atoms with E-state index in [1.54, 1.807) is 12.4 Å². The molecule has 17 heavy (non-hydrogen) atoms. The van der Waals surface area contributed by atoms with Crippen LogP contribution in [0.1, 0.15) is 39.0 Å². The molecule has 1 heterocycles. The minimum absolute atomic E-state index is 0.0693. The van der Waals surface area contributed by atoms with Crippen molar-refractivity contribution in [2.24, 2.45) is 11.8 Å². The zero-order chi connectivity index (χ0) is 12.1. The number of aromatic nitrogens is 2. The molecule has 1 N–H and O–H groups in total. The molecule has 0 radical (unpaired) electrons. The molecule has 1 aliphatic carbocycles. The highest BCUT2D eigenvalue weighted by Gasteiger charge is 2.20. The van der Waals surface area contributed by atoms with Crippen LogP contribution in [0, 0.1) is 11.8 Å². The van der Waals surface area contributed by atoms with Crippen LogP contribution in [0.25, 0.3) is 0 Å². The predicted octanol–water partition coefficient (Wildman–Crippen LogP) is 2.66.